The molecule has 1 fully saturated rings. The standard InChI is InChI=1S/C26H25N3O4/c1-17-14-22(19(3)29(17)18(2)21-12-8-5-9-13-21)23(30)16-28-25(32)24(31)27(26(28)33)15-20-10-6-4-7-11-20/h4-14,18H,15-16H2,1-3H3/t18-/m1/s1. The van der Waals surface area contributed by atoms with Crippen molar-refractivity contribution in [3.05, 3.63) is 94.8 Å². The van der Waals surface area contributed by atoms with Gasteiger partial charge in [-0.2, -0.15) is 0 Å². The van der Waals surface area contributed by atoms with Crippen LogP contribution in [0.5, 0.6) is 0 Å². The van der Waals surface area contributed by atoms with Crippen LogP contribution in [0.15, 0.2) is 66.7 Å². The first-order chi connectivity index (χ1) is 15.8. The van der Waals surface area contributed by atoms with Crippen LogP contribution < -0.4 is 0 Å². The molecule has 2 heterocycles. The van der Waals surface area contributed by atoms with E-state index in [0.717, 1.165) is 32.3 Å². The van der Waals surface area contributed by atoms with Crippen LogP contribution in [0.4, 0.5) is 4.79 Å². The Hall–Kier alpha value is -4.00. The van der Waals surface area contributed by atoms with Crippen LogP contribution in [0.2, 0.25) is 0 Å². The molecule has 0 bridgehead atoms. The van der Waals surface area contributed by atoms with E-state index in [4.69, 9.17) is 0 Å². The van der Waals surface area contributed by atoms with Crippen molar-refractivity contribution in [2.75, 3.05) is 6.54 Å². The Morgan fingerprint density at radius 1 is 0.848 bits per heavy atom. The molecule has 2 aromatic carbocycles. The summed E-state index contributed by atoms with van der Waals surface area (Å²) in [6, 6.07) is 19.9. The number of carbonyl (C=O) groups excluding carboxylic acids is 4. The highest BCUT2D eigenvalue weighted by Crippen LogP contribution is 2.26. The summed E-state index contributed by atoms with van der Waals surface area (Å²) in [6.45, 7) is 5.33. The Morgan fingerprint density at radius 3 is 2.06 bits per heavy atom. The number of benzene rings is 2. The minimum absolute atomic E-state index is 0.00532. The maximum Gasteiger partial charge on any atom is 0.334 e. The van der Waals surface area contributed by atoms with Gasteiger partial charge in [0.05, 0.1) is 19.1 Å². The molecule has 0 aliphatic carbocycles. The van der Waals surface area contributed by atoms with Gasteiger partial charge in [-0.25, -0.2) is 9.69 Å². The van der Waals surface area contributed by atoms with E-state index in [-0.39, 0.29) is 18.4 Å². The van der Waals surface area contributed by atoms with Crippen molar-refractivity contribution in [1.82, 2.24) is 14.4 Å². The van der Waals surface area contributed by atoms with E-state index in [1.165, 1.54) is 0 Å². The molecule has 0 spiro atoms. The average molecular weight is 444 g/mol. The van der Waals surface area contributed by atoms with Gasteiger partial charge in [0.2, 0.25) is 0 Å². The molecule has 4 rings (SSSR count). The number of aryl methyl sites for hydroxylation is 1. The zero-order valence-corrected chi connectivity index (χ0v) is 18.8. The lowest BCUT2D eigenvalue weighted by Gasteiger charge is -2.19. The van der Waals surface area contributed by atoms with E-state index in [2.05, 4.69) is 11.5 Å². The number of imide groups is 2. The molecular formula is C26H25N3O4. The summed E-state index contributed by atoms with van der Waals surface area (Å²) >= 11 is 0. The van der Waals surface area contributed by atoms with Crippen LogP contribution >= 0.6 is 0 Å². The van der Waals surface area contributed by atoms with Crippen molar-refractivity contribution in [3.8, 4) is 0 Å². The van der Waals surface area contributed by atoms with Crippen molar-refractivity contribution in [2.24, 2.45) is 0 Å². The van der Waals surface area contributed by atoms with Crippen LogP contribution in [0.3, 0.4) is 0 Å². The molecule has 4 amide bonds. The van der Waals surface area contributed by atoms with Crippen LogP contribution in [-0.4, -0.2) is 44.5 Å². The molecule has 33 heavy (non-hydrogen) atoms. The Balaban J connectivity index is 1.54. The summed E-state index contributed by atoms with van der Waals surface area (Å²) in [4.78, 5) is 52.4. The molecule has 1 aliphatic heterocycles. The van der Waals surface area contributed by atoms with Crippen molar-refractivity contribution >= 4 is 23.6 Å². The van der Waals surface area contributed by atoms with Gasteiger partial charge >= 0.3 is 17.8 Å². The van der Waals surface area contributed by atoms with E-state index < -0.39 is 24.4 Å². The zero-order valence-electron chi connectivity index (χ0n) is 18.8. The molecule has 168 valence electrons. The average Bonchev–Trinajstić information content (AvgIpc) is 3.23. The molecule has 0 unspecified atom stereocenters. The normalized spacial score (nSPS) is 14.8. The number of carbonyl (C=O) groups is 4. The highest BCUT2D eigenvalue weighted by atomic mass is 16.2. The van der Waals surface area contributed by atoms with Crippen LogP contribution in [0.1, 0.15) is 45.8 Å². The number of Topliss-reactive ketones (excluding diaryl/α,β-unsaturated/α-hetero) is 1. The van der Waals surface area contributed by atoms with Crippen molar-refractivity contribution in [2.45, 2.75) is 33.4 Å². The maximum absolute atomic E-state index is 13.1. The first kappa shape index (κ1) is 22.2. The fourth-order valence-electron chi connectivity index (χ4n) is 4.36. The predicted octanol–water partition coefficient (Wildman–Crippen LogP) is 3.89. The highest BCUT2D eigenvalue weighted by Gasteiger charge is 2.45. The monoisotopic (exact) mass is 443 g/mol. The Kier molecular flexibility index (Phi) is 5.96. The van der Waals surface area contributed by atoms with Crippen molar-refractivity contribution in [3.63, 3.8) is 0 Å². The van der Waals surface area contributed by atoms with E-state index in [9.17, 15) is 19.2 Å². The van der Waals surface area contributed by atoms with E-state index in [0.29, 0.717) is 5.56 Å². The fourth-order valence-corrected chi connectivity index (χ4v) is 4.36. The second kappa shape index (κ2) is 8.86. The highest BCUT2D eigenvalue weighted by molar-refractivity contribution is 6.45. The number of urea groups is 1. The quantitative estimate of drug-likeness (QED) is 0.315. The maximum atomic E-state index is 13.1. The fraction of sp³-hybridized carbons (Fsp3) is 0.231. The number of nitrogens with zero attached hydrogens (tertiary/aromatic N) is 3. The van der Waals surface area contributed by atoms with E-state index in [1.54, 1.807) is 30.3 Å². The Bertz CT molecular complexity index is 1230. The Labute approximate surface area is 192 Å². The first-order valence-electron chi connectivity index (χ1n) is 10.8. The third-order valence-corrected chi connectivity index (χ3v) is 6.07. The van der Waals surface area contributed by atoms with Gasteiger partial charge in [0.15, 0.2) is 5.78 Å². The number of hydrogen-bond donors (Lipinski definition) is 0. The summed E-state index contributed by atoms with van der Waals surface area (Å²) in [5.41, 5.74) is 3.90. The van der Waals surface area contributed by atoms with E-state index >= 15 is 0 Å². The third kappa shape index (κ3) is 4.09. The predicted molar refractivity (Wildman–Crippen MR) is 123 cm³/mol. The molecule has 1 saturated heterocycles. The molecule has 0 N–H and O–H groups in total. The van der Waals surface area contributed by atoms with Crippen LogP contribution in [0, 0.1) is 13.8 Å². The van der Waals surface area contributed by atoms with Gasteiger partial charge in [0.1, 0.15) is 0 Å². The summed E-state index contributed by atoms with van der Waals surface area (Å²) < 4.78 is 2.06. The molecule has 1 aromatic heterocycles. The number of hydrogen-bond acceptors (Lipinski definition) is 4. The van der Waals surface area contributed by atoms with Crippen molar-refractivity contribution < 1.29 is 19.2 Å². The Morgan fingerprint density at radius 2 is 1.42 bits per heavy atom. The summed E-state index contributed by atoms with van der Waals surface area (Å²) in [5, 5.41) is 0. The summed E-state index contributed by atoms with van der Waals surface area (Å²) in [7, 11) is 0. The molecule has 1 atom stereocenters. The van der Waals surface area contributed by atoms with Gasteiger partial charge in [-0.3, -0.25) is 19.3 Å². The van der Waals surface area contributed by atoms with Gasteiger partial charge in [-0.15, -0.1) is 0 Å². The van der Waals surface area contributed by atoms with Crippen molar-refractivity contribution in [1.29, 1.82) is 0 Å². The number of aromatic nitrogens is 1. The molecule has 7 nitrogen and oxygen atoms in total. The lowest BCUT2D eigenvalue weighted by molar-refractivity contribution is -0.143. The van der Waals surface area contributed by atoms with Gasteiger partial charge < -0.3 is 4.57 Å². The van der Waals surface area contributed by atoms with Crippen LogP contribution in [-0.2, 0) is 16.1 Å². The second-order valence-corrected chi connectivity index (χ2v) is 8.22. The largest absolute Gasteiger partial charge is 0.341 e. The third-order valence-electron chi connectivity index (χ3n) is 6.07. The van der Waals surface area contributed by atoms with Crippen LogP contribution in [0.25, 0.3) is 0 Å². The topological polar surface area (TPSA) is 79.7 Å². The summed E-state index contributed by atoms with van der Waals surface area (Å²) in [6.07, 6.45) is 0. The zero-order chi connectivity index (χ0) is 23.7. The smallest absolute Gasteiger partial charge is 0.334 e. The minimum Gasteiger partial charge on any atom is -0.341 e. The first-order valence-corrected chi connectivity index (χ1v) is 10.8. The molecular weight excluding hydrogens is 418 g/mol. The van der Waals surface area contributed by atoms with Gasteiger partial charge in [-0.1, -0.05) is 60.7 Å². The summed E-state index contributed by atoms with van der Waals surface area (Å²) in [5.74, 6) is -2.28. The number of amides is 4. The van der Waals surface area contributed by atoms with Gasteiger partial charge in [0.25, 0.3) is 0 Å². The molecule has 3 aromatic rings. The van der Waals surface area contributed by atoms with E-state index in [1.807, 2.05) is 50.2 Å². The van der Waals surface area contributed by atoms with Gasteiger partial charge in [-0.05, 0) is 38.0 Å². The molecule has 1 aliphatic rings. The molecule has 0 saturated carbocycles. The second-order valence-electron chi connectivity index (χ2n) is 8.22. The number of ketones is 1. The lowest BCUT2D eigenvalue weighted by Crippen LogP contribution is -2.37. The number of rotatable bonds is 7. The molecule has 0 radical (unpaired) electrons. The SMILES string of the molecule is Cc1cc(C(=O)CN2C(=O)C(=O)N(Cc3ccccc3)C2=O)c(C)n1[C@H](C)c1ccccc1. The van der Waals surface area contributed by atoms with Gasteiger partial charge in [0, 0.05) is 17.0 Å². The minimum atomic E-state index is -0.976. The lowest BCUT2D eigenvalue weighted by atomic mass is 10.1. The molecule has 7 heteroatoms.